The summed E-state index contributed by atoms with van der Waals surface area (Å²) in [5, 5.41) is 20.4. The lowest BCUT2D eigenvalue weighted by molar-refractivity contribution is 0.0635. The summed E-state index contributed by atoms with van der Waals surface area (Å²) in [6.45, 7) is 6.25. The second-order valence-electron chi connectivity index (χ2n) is 5.98. The van der Waals surface area contributed by atoms with Gasteiger partial charge in [0.1, 0.15) is 0 Å². The maximum Gasteiger partial charge on any atom is 0.0979 e. The van der Waals surface area contributed by atoms with E-state index in [0.717, 1.165) is 36.8 Å². The van der Waals surface area contributed by atoms with Crippen molar-refractivity contribution < 1.29 is 5.11 Å². The molecule has 0 bridgehead atoms. The third kappa shape index (κ3) is 2.40. The average Bonchev–Trinajstić information content (AvgIpc) is 2.86. The average molecular weight is 257 g/mol. The number of aryl methyl sites for hydroxylation is 1. The SMILES string of the molecule is CCC1CCC(C#N)(C(O)c2cccc(C)c2C)C1. The zero-order valence-corrected chi connectivity index (χ0v) is 12.1. The van der Waals surface area contributed by atoms with Gasteiger partial charge in [-0.25, -0.2) is 0 Å². The van der Waals surface area contributed by atoms with Gasteiger partial charge in [-0.05, 0) is 55.7 Å². The standard InChI is InChI=1S/C17H23NO/c1-4-14-8-9-17(10-14,11-18)16(19)15-7-5-6-12(2)13(15)3/h5-7,14,16,19H,4,8-10H2,1-3H3. The van der Waals surface area contributed by atoms with Crippen LogP contribution in [0.4, 0.5) is 0 Å². The van der Waals surface area contributed by atoms with Crippen molar-refractivity contribution in [2.45, 2.75) is 52.6 Å². The molecule has 19 heavy (non-hydrogen) atoms. The van der Waals surface area contributed by atoms with Crippen molar-refractivity contribution in [1.29, 1.82) is 5.26 Å². The summed E-state index contributed by atoms with van der Waals surface area (Å²) >= 11 is 0. The number of nitrogens with zero attached hydrogens (tertiary/aromatic N) is 1. The molecule has 3 unspecified atom stereocenters. The fourth-order valence-corrected chi connectivity index (χ4v) is 3.31. The van der Waals surface area contributed by atoms with Crippen LogP contribution in [-0.4, -0.2) is 5.11 Å². The molecule has 0 saturated heterocycles. The number of rotatable bonds is 3. The molecule has 1 aromatic carbocycles. The van der Waals surface area contributed by atoms with Crippen LogP contribution in [0.1, 0.15) is 55.4 Å². The molecule has 1 aromatic rings. The number of nitriles is 1. The van der Waals surface area contributed by atoms with Gasteiger partial charge >= 0.3 is 0 Å². The molecule has 2 rings (SSSR count). The Bertz CT molecular complexity index is 502. The summed E-state index contributed by atoms with van der Waals surface area (Å²) in [6, 6.07) is 8.42. The van der Waals surface area contributed by atoms with Gasteiger partial charge in [-0.3, -0.25) is 0 Å². The van der Waals surface area contributed by atoms with E-state index < -0.39 is 11.5 Å². The van der Waals surface area contributed by atoms with Crippen LogP contribution in [-0.2, 0) is 0 Å². The molecule has 0 aromatic heterocycles. The smallest absolute Gasteiger partial charge is 0.0979 e. The minimum Gasteiger partial charge on any atom is -0.387 e. The number of benzene rings is 1. The summed E-state index contributed by atoms with van der Waals surface area (Å²) in [7, 11) is 0. The highest BCUT2D eigenvalue weighted by atomic mass is 16.3. The van der Waals surface area contributed by atoms with Crippen LogP contribution in [0.5, 0.6) is 0 Å². The van der Waals surface area contributed by atoms with Crippen LogP contribution < -0.4 is 0 Å². The summed E-state index contributed by atoms with van der Waals surface area (Å²) < 4.78 is 0. The van der Waals surface area contributed by atoms with Crippen molar-refractivity contribution in [1.82, 2.24) is 0 Å². The molecular weight excluding hydrogens is 234 g/mol. The van der Waals surface area contributed by atoms with Gasteiger partial charge in [0.25, 0.3) is 0 Å². The molecule has 0 heterocycles. The second-order valence-corrected chi connectivity index (χ2v) is 5.98. The zero-order chi connectivity index (χ0) is 14.0. The summed E-state index contributed by atoms with van der Waals surface area (Å²) in [5.41, 5.74) is 2.64. The third-order valence-electron chi connectivity index (χ3n) is 4.92. The summed E-state index contributed by atoms with van der Waals surface area (Å²) in [4.78, 5) is 0. The molecule has 0 spiro atoms. The minimum absolute atomic E-state index is 0.583. The van der Waals surface area contributed by atoms with E-state index in [1.807, 2.05) is 32.0 Å². The molecule has 0 amide bonds. The van der Waals surface area contributed by atoms with Crippen molar-refractivity contribution in [2.75, 3.05) is 0 Å². The summed E-state index contributed by atoms with van der Waals surface area (Å²) in [6.07, 6.45) is 3.15. The topological polar surface area (TPSA) is 44.0 Å². The number of aliphatic hydroxyl groups is 1. The Morgan fingerprint density at radius 3 is 2.79 bits per heavy atom. The van der Waals surface area contributed by atoms with Crippen molar-refractivity contribution in [3.05, 3.63) is 34.9 Å². The van der Waals surface area contributed by atoms with Crippen LogP contribution >= 0.6 is 0 Å². The Hall–Kier alpha value is -1.33. The molecule has 0 aliphatic heterocycles. The van der Waals surface area contributed by atoms with Crippen molar-refractivity contribution >= 4 is 0 Å². The minimum atomic E-state index is -0.658. The van der Waals surface area contributed by atoms with Gasteiger partial charge in [0.05, 0.1) is 17.6 Å². The van der Waals surface area contributed by atoms with Crippen LogP contribution in [0.25, 0.3) is 0 Å². The molecular formula is C17H23NO. The molecule has 1 N–H and O–H groups in total. The molecule has 1 fully saturated rings. The first-order valence-corrected chi connectivity index (χ1v) is 7.19. The Morgan fingerprint density at radius 1 is 1.47 bits per heavy atom. The highest BCUT2D eigenvalue weighted by Crippen LogP contribution is 2.51. The van der Waals surface area contributed by atoms with Crippen LogP contribution in [0.2, 0.25) is 0 Å². The van der Waals surface area contributed by atoms with Crippen molar-refractivity contribution in [3.8, 4) is 6.07 Å². The van der Waals surface area contributed by atoms with E-state index in [4.69, 9.17) is 0 Å². The Morgan fingerprint density at radius 2 is 2.21 bits per heavy atom. The molecule has 1 aliphatic rings. The maximum absolute atomic E-state index is 10.8. The molecule has 2 heteroatoms. The van der Waals surface area contributed by atoms with E-state index >= 15 is 0 Å². The van der Waals surface area contributed by atoms with Gasteiger partial charge in [-0.2, -0.15) is 5.26 Å². The zero-order valence-electron chi connectivity index (χ0n) is 12.1. The molecule has 3 atom stereocenters. The lowest BCUT2D eigenvalue weighted by atomic mass is 9.76. The second kappa shape index (κ2) is 5.35. The molecule has 102 valence electrons. The number of hydrogen-bond donors (Lipinski definition) is 1. The van der Waals surface area contributed by atoms with Crippen molar-refractivity contribution in [3.63, 3.8) is 0 Å². The number of aliphatic hydroxyl groups excluding tert-OH is 1. The van der Waals surface area contributed by atoms with Crippen LogP contribution in [0.3, 0.4) is 0 Å². The monoisotopic (exact) mass is 257 g/mol. The predicted molar refractivity (Wildman–Crippen MR) is 76.6 cm³/mol. The summed E-state index contributed by atoms with van der Waals surface area (Å²) in [5.74, 6) is 0.583. The van der Waals surface area contributed by atoms with E-state index in [2.05, 4.69) is 13.0 Å². The highest BCUT2D eigenvalue weighted by molar-refractivity contribution is 5.36. The van der Waals surface area contributed by atoms with Gasteiger partial charge in [-0.1, -0.05) is 31.5 Å². The van der Waals surface area contributed by atoms with Gasteiger partial charge < -0.3 is 5.11 Å². The first kappa shape index (κ1) is 14.1. The third-order valence-corrected chi connectivity index (χ3v) is 4.92. The van der Waals surface area contributed by atoms with Gasteiger partial charge in [0, 0.05) is 0 Å². The van der Waals surface area contributed by atoms with E-state index in [1.54, 1.807) is 0 Å². The van der Waals surface area contributed by atoms with Crippen LogP contribution in [0.15, 0.2) is 18.2 Å². The van der Waals surface area contributed by atoms with Crippen LogP contribution in [0, 0.1) is 36.5 Å². The highest BCUT2D eigenvalue weighted by Gasteiger charge is 2.45. The van der Waals surface area contributed by atoms with Gasteiger partial charge in [-0.15, -0.1) is 0 Å². The van der Waals surface area contributed by atoms with E-state index in [1.165, 1.54) is 5.56 Å². The lowest BCUT2D eigenvalue weighted by Crippen LogP contribution is -2.25. The van der Waals surface area contributed by atoms with E-state index in [9.17, 15) is 10.4 Å². The lowest BCUT2D eigenvalue weighted by Gasteiger charge is -2.29. The van der Waals surface area contributed by atoms with E-state index in [0.29, 0.717) is 5.92 Å². The normalized spacial score (nSPS) is 28.1. The molecule has 0 radical (unpaired) electrons. The molecule has 1 saturated carbocycles. The first-order valence-electron chi connectivity index (χ1n) is 7.19. The van der Waals surface area contributed by atoms with Crippen molar-refractivity contribution in [2.24, 2.45) is 11.3 Å². The fourth-order valence-electron chi connectivity index (χ4n) is 3.31. The quantitative estimate of drug-likeness (QED) is 0.887. The Kier molecular flexibility index (Phi) is 3.96. The van der Waals surface area contributed by atoms with Gasteiger partial charge in [0.15, 0.2) is 0 Å². The van der Waals surface area contributed by atoms with Gasteiger partial charge in [0.2, 0.25) is 0 Å². The molecule has 1 aliphatic carbocycles. The Balaban J connectivity index is 2.35. The predicted octanol–water partition coefficient (Wildman–Crippen LogP) is 4.06. The largest absolute Gasteiger partial charge is 0.387 e. The maximum atomic E-state index is 10.8. The molecule has 2 nitrogen and oxygen atoms in total. The Labute approximate surface area is 116 Å². The van der Waals surface area contributed by atoms with E-state index in [-0.39, 0.29) is 0 Å². The fraction of sp³-hybridized carbons (Fsp3) is 0.588. The number of hydrogen-bond acceptors (Lipinski definition) is 2. The first-order chi connectivity index (χ1) is 9.04.